The summed E-state index contributed by atoms with van der Waals surface area (Å²) in [6.45, 7) is 5.56. The second kappa shape index (κ2) is 5.97. The molecule has 18 heavy (non-hydrogen) atoms. The van der Waals surface area contributed by atoms with Gasteiger partial charge in [-0.05, 0) is 36.2 Å². The van der Waals surface area contributed by atoms with Gasteiger partial charge in [-0.3, -0.25) is 4.57 Å². The maximum Gasteiger partial charge on any atom is 0.348 e. The van der Waals surface area contributed by atoms with E-state index in [0.717, 1.165) is 10.2 Å². The molecule has 0 saturated carbocycles. The third kappa shape index (κ3) is 3.65. The quantitative estimate of drug-likeness (QED) is 0.815. The molecule has 0 amide bonds. The minimum atomic E-state index is -2.98. The van der Waals surface area contributed by atoms with Crippen molar-refractivity contribution in [3.8, 4) is 0 Å². The molecule has 5 nitrogen and oxygen atoms in total. The van der Waals surface area contributed by atoms with E-state index in [0.29, 0.717) is 18.7 Å². The van der Waals surface area contributed by atoms with Gasteiger partial charge in [0.25, 0.3) is 0 Å². The third-order valence-corrected chi connectivity index (χ3v) is 5.75. The first kappa shape index (κ1) is 15.4. The molecule has 1 rings (SSSR count). The summed E-state index contributed by atoms with van der Waals surface area (Å²) < 4.78 is 25.0. The van der Waals surface area contributed by atoms with E-state index in [9.17, 15) is 13.2 Å². The Hall–Kier alpha value is -0.690. The molecule has 0 radical (unpaired) electrons. The fraction of sp³-hybridized carbons (Fsp3) is 0.636. The molecule has 1 aromatic heterocycles. The second-order valence-corrected chi connectivity index (χ2v) is 7.39. The van der Waals surface area contributed by atoms with Crippen molar-refractivity contribution in [1.82, 2.24) is 9.55 Å². The Morgan fingerprint density at radius 3 is 2.50 bits per heavy atom. The zero-order chi connectivity index (χ0) is 13.9. The Bertz CT molecular complexity index is 593. The van der Waals surface area contributed by atoms with Gasteiger partial charge < -0.3 is 0 Å². The maximum absolute atomic E-state index is 11.7. The molecule has 0 fully saturated rings. The van der Waals surface area contributed by atoms with Crippen LogP contribution in [-0.2, 0) is 16.4 Å². The van der Waals surface area contributed by atoms with Gasteiger partial charge in [-0.15, -0.1) is 0 Å². The minimum absolute atomic E-state index is 0.0981. The van der Waals surface area contributed by atoms with Crippen molar-refractivity contribution in [3.63, 3.8) is 0 Å². The van der Waals surface area contributed by atoms with Gasteiger partial charge in [-0.2, -0.15) is 4.98 Å². The molecule has 0 aromatic carbocycles. The average Bonchev–Trinajstić information content (AvgIpc) is 2.31. The van der Waals surface area contributed by atoms with Crippen LogP contribution in [0.5, 0.6) is 0 Å². The van der Waals surface area contributed by atoms with Crippen LogP contribution in [0.25, 0.3) is 0 Å². The summed E-state index contributed by atoms with van der Waals surface area (Å²) in [5.74, 6) is 0.234. The van der Waals surface area contributed by atoms with Gasteiger partial charge in [-0.1, -0.05) is 6.92 Å². The number of nitrogens with zero attached hydrogens (tertiary/aromatic N) is 2. The van der Waals surface area contributed by atoms with Crippen LogP contribution in [-0.4, -0.2) is 29.5 Å². The van der Waals surface area contributed by atoms with E-state index in [1.807, 2.05) is 6.92 Å². The molecule has 0 N–H and O–H groups in total. The molecule has 102 valence electrons. The van der Waals surface area contributed by atoms with Crippen molar-refractivity contribution in [3.05, 3.63) is 26.3 Å². The predicted molar refractivity (Wildman–Crippen MR) is 74.6 cm³/mol. The van der Waals surface area contributed by atoms with Crippen LogP contribution in [0, 0.1) is 13.8 Å². The van der Waals surface area contributed by atoms with Crippen molar-refractivity contribution >= 4 is 25.8 Å². The molecule has 0 atom stereocenters. The van der Waals surface area contributed by atoms with Gasteiger partial charge in [0.05, 0.1) is 15.9 Å². The van der Waals surface area contributed by atoms with E-state index in [1.54, 1.807) is 13.8 Å². The zero-order valence-corrected chi connectivity index (χ0v) is 13.1. The molecule has 0 spiro atoms. The van der Waals surface area contributed by atoms with Crippen LogP contribution in [0.4, 0.5) is 0 Å². The first-order valence-corrected chi connectivity index (χ1v) is 8.34. The standard InChI is InChI=1S/C11H17BrN2O3S/c1-4-18(16,17)7-5-6-14-9(3)10(12)8(2)13-11(14)15/h4-7H2,1-3H3. The van der Waals surface area contributed by atoms with Crippen LogP contribution < -0.4 is 5.69 Å². The molecular formula is C11H17BrN2O3S. The molecule has 1 heterocycles. The van der Waals surface area contributed by atoms with E-state index in [4.69, 9.17) is 0 Å². The van der Waals surface area contributed by atoms with Gasteiger partial charge >= 0.3 is 5.69 Å². The predicted octanol–water partition coefficient (Wildman–Crippen LogP) is 1.45. The molecule has 0 unspecified atom stereocenters. The molecule has 0 bridgehead atoms. The van der Waals surface area contributed by atoms with E-state index in [1.165, 1.54) is 4.57 Å². The first-order chi connectivity index (χ1) is 8.28. The number of hydrogen-bond donors (Lipinski definition) is 0. The lowest BCUT2D eigenvalue weighted by Gasteiger charge is -2.11. The van der Waals surface area contributed by atoms with Crippen LogP contribution in [0.2, 0.25) is 0 Å². The molecule has 0 aliphatic rings. The van der Waals surface area contributed by atoms with Gasteiger partial charge in [0.15, 0.2) is 0 Å². The molecule has 1 aromatic rings. The van der Waals surface area contributed by atoms with E-state index >= 15 is 0 Å². The lowest BCUT2D eigenvalue weighted by Crippen LogP contribution is -2.27. The Balaban J connectivity index is 2.87. The molecule has 0 saturated heterocycles. The van der Waals surface area contributed by atoms with Crippen LogP contribution >= 0.6 is 15.9 Å². The Morgan fingerprint density at radius 2 is 1.94 bits per heavy atom. The normalized spacial score (nSPS) is 11.8. The topological polar surface area (TPSA) is 69.0 Å². The van der Waals surface area contributed by atoms with Crippen molar-refractivity contribution in [2.45, 2.75) is 33.7 Å². The van der Waals surface area contributed by atoms with Gasteiger partial charge in [0.2, 0.25) is 0 Å². The largest absolute Gasteiger partial charge is 0.348 e. The van der Waals surface area contributed by atoms with E-state index in [2.05, 4.69) is 20.9 Å². The highest BCUT2D eigenvalue weighted by molar-refractivity contribution is 9.10. The van der Waals surface area contributed by atoms with Gasteiger partial charge in [-0.25, -0.2) is 13.2 Å². The summed E-state index contributed by atoms with van der Waals surface area (Å²) in [5.41, 5.74) is 1.10. The summed E-state index contributed by atoms with van der Waals surface area (Å²) in [4.78, 5) is 15.6. The average molecular weight is 337 g/mol. The van der Waals surface area contributed by atoms with Crippen LogP contribution in [0.3, 0.4) is 0 Å². The first-order valence-electron chi connectivity index (χ1n) is 5.72. The summed E-state index contributed by atoms with van der Waals surface area (Å²) in [5, 5.41) is 0. The molecular weight excluding hydrogens is 320 g/mol. The van der Waals surface area contributed by atoms with Gasteiger partial charge in [0, 0.05) is 18.0 Å². The number of rotatable bonds is 5. The SMILES string of the molecule is CCS(=O)(=O)CCCn1c(C)c(Br)c(C)nc1=O. The van der Waals surface area contributed by atoms with E-state index in [-0.39, 0.29) is 17.2 Å². The number of aromatic nitrogens is 2. The van der Waals surface area contributed by atoms with Crippen molar-refractivity contribution in [1.29, 1.82) is 0 Å². The van der Waals surface area contributed by atoms with Crippen molar-refractivity contribution in [2.24, 2.45) is 0 Å². The Morgan fingerprint density at radius 1 is 1.33 bits per heavy atom. The highest BCUT2D eigenvalue weighted by atomic mass is 79.9. The van der Waals surface area contributed by atoms with Crippen molar-refractivity contribution in [2.75, 3.05) is 11.5 Å². The number of hydrogen-bond acceptors (Lipinski definition) is 4. The third-order valence-electron chi connectivity index (χ3n) is 2.81. The van der Waals surface area contributed by atoms with Crippen molar-refractivity contribution < 1.29 is 8.42 Å². The summed E-state index contributed by atoms with van der Waals surface area (Å²) in [6, 6.07) is 0. The summed E-state index contributed by atoms with van der Waals surface area (Å²) in [7, 11) is -2.98. The van der Waals surface area contributed by atoms with E-state index < -0.39 is 9.84 Å². The molecule has 0 aliphatic carbocycles. The highest BCUT2D eigenvalue weighted by Gasteiger charge is 2.11. The second-order valence-electron chi connectivity index (χ2n) is 4.12. The molecule has 0 aliphatic heterocycles. The molecule has 7 heteroatoms. The Kier molecular flexibility index (Phi) is 5.10. The highest BCUT2D eigenvalue weighted by Crippen LogP contribution is 2.16. The fourth-order valence-electron chi connectivity index (χ4n) is 1.63. The maximum atomic E-state index is 11.7. The summed E-state index contributed by atoms with van der Waals surface area (Å²) in [6.07, 6.45) is 0.425. The smallest absolute Gasteiger partial charge is 0.295 e. The lowest BCUT2D eigenvalue weighted by atomic mass is 10.3. The lowest BCUT2D eigenvalue weighted by molar-refractivity contribution is 0.576. The monoisotopic (exact) mass is 336 g/mol. The Labute approximate surface area is 115 Å². The van der Waals surface area contributed by atoms with Crippen LogP contribution in [0.1, 0.15) is 24.7 Å². The number of aryl methyl sites for hydroxylation is 1. The summed E-state index contributed by atoms with van der Waals surface area (Å²) >= 11 is 3.37. The van der Waals surface area contributed by atoms with Crippen LogP contribution in [0.15, 0.2) is 9.27 Å². The number of halogens is 1. The zero-order valence-electron chi connectivity index (χ0n) is 10.7. The number of sulfone groups is 1. The fourth-order valence-corrected chi connectivity index (χ4v) is 2.79. The van der Waals surface area contributed by atoms with Gasteiger partial charge in [0.1, 0.15) is 9.84 Å². The minimum Gasteiger partial charge on any atom is -0.295 e.